The monoisotopic (exact) mass is 316 g/mol. The molecule has 23 heavy (non-hydrogen) atoms. The van der Waals surface area contributed by atoms with Crippen LogP contribution in [-0.4, -0.2) is 40.8 Å². The number of hydrogen-bond acceptors (Lipinski definition) is 5. The zero-order valence-electron chi connectivity index (χ0n) is 13.9. The molecule has 3 aliphatic rings. The summed E-state index contributed by atoms with van der Waals surface area (Å²) in [6.45, 7) is 2.24. The Labute approximate surface area is 138 Å². The number of fused-ring (bicyclic) bond motifs is 1. The van der Waals surface area contributed by atoms with E-state index in [1.54, 1.807) is 0 Å². The van der Waals surface area contributed by atoms with E-state index in [0.29, 0.717) is 24.6 Å². The Balaban J connectivity index is 1.47. The van der Waals surface area contributed by atoms with E-state index >= 15 is 0 Å². The van der Waals surface area contributed by atoms with E-state index in [1.165, 1.54) is 43.4 Å². The number of anilines is 1. The molecule has 1 aromatic heterocycles. The fraction of sp³-hybridized carbons (Fsp3) is 0.778. The normalized spacial score (nSPS) is 26.0. The van der Waals surface area contributed by atoms with Crippen LogP contribution in [0.5, 0.6) is 0 Å². The average molecular weight is 316 g/mol. The molecule has 2 fully saturated rings. The van der Waals surface area contributed by atoms with Crippen molar-refractivity contribution in [2.75, 3.05) is 24.6 Å². The molecule has 1 aromatic rings. The average Bonchev–Trinajstić information content (AvgIpc) is 2.58. The number of piperidine rings is 1. The van der Waals surface area contributed by atoms with E-state index in [-0.39, 0.29) is 0 Å². The Bertz CT molecular complexity index is 538. The fourth-order valence-corrected chi connectivity index (χ4v) is 4.04. The number of rotatable bonds is 4. The first kappa shape index (κ1) is 15.3. The Morgan fingerprint density at radius 1 is 1.13 bits per heavy atom. The summed E-state index contributed by atoms with van der Waals surface area (Å²) < 4.78 is 0. The third kappa shape index (κ3) is 3.22. The maximum absolute atomic E-state index is 9.28. The number of aromatic nitrogens is 2. The van der Waals surface area contributed by atoms with Gasteiger partial charge in [0.25, 0.3) is 0 Å². The van der Waals surface area contributed by atoms with Gasteiger partial charge in [-0.1, -0.05) is 6.42 Å². The van der Waals surface area contributed by atoms with Gasteiger partial charge < -0.3 is 15.3 Å². The molecular weight excluding hydrogens is 288 g/mol. The molecule has 1 saturated heterocycles. The van der Waals surface area contributed by atoms with Crippen molar-refractivity contribution in [3.8, 4) is 0 Å². The van der Waals surface area contributed by atoms with E-state index in [9.17, 15) is 5.11 Å². The molecule has 5 heteroatoms. The van der Waals surface area contributed by atoms with E-state index in [2.05, 4.69) is 21.4 Å². The first-order chi connectivity index (χ1) is 11.3. The van der Waals surface area contributed by atoms with Gasteiger partial charge in [-0.25, -0.2) is 9.97 Å². The predicted molar refractivity (Wildman–Crippen MR) is 90.5 cm³/mol. The molecular formula is C18H28N4O. The second-order valence-electron chi connectivity index (χ2n) is 7.42. The first-order valence-corrected chi connectivity index (χ1v) is 9.31. The van der Waals surface area contributed by atoms with Gasteiger partial charge in [0.05, 0.1) is 5.69 Å². The maximum Gasteiger partial charge on any atom is 0.225 e. The van der Waals surface area contributed by atoms with Crippen LogP contribution >= 0.6 is 0 Å². The summed E-state index contributed by atoms with van der Waals surface area (Å²) in [7, 11) is 0. The Hall–Kier alpha value is -1.20. The van der Waals surface area contributed by atoms with Crippen molar-refractivity contribution in [3.05, 3.63) is 17.5 Å². The van der Waals surface area contributed by atoms with Crippen LogP contribution in [0.25, 0.3) is 0 Å². The summed E-state index contributed by atoms with van der Waals surface area (Å²) in [6, 6.07) is 1.17. The molecule has 1 unspecified atom stereocenters. The van der Waals surface area contributed by atoms with Gasteiger partial charge in [-0.05, 0) is 50.9 Å². The third-order valence-electron chi connectivity index (χ3n) is 5.87. The van der Waals surface area contributed by atoms with Gasteiger partial charge in [-0.3, -0.25) is 0 Å². The Kier molecular flexibility index (Phi) is 4.49. The molecule has 2 aliphatic carbocycles. The maximum atomic E-state index is 9.28. The topological polar surface area (TPSA) is 61.3 Å². The van der Waals surface area contributed by atoms with Crippen molar-refractivity contribution in [1.82, 2.24) is 15.3 Å². The van der Waals surface area contributed by atoms with Crippen molar-refractivity contribution in [2.45, 2.75) is 63.5 Å². The molecule has 0 amide bonds. The van der Waals surface area contributed by atoms with Crippen molar-refractivity contribution in [1.29, 1.82) is 0 Å². The van der Waals surface area contributed by atoms with E-state index < -0.39 is 0 Å². The third-order valence-corrected chi connectivity index (χ3v) is 5.87. The van der Waals surface area contributed by atoms with Gasteiger partial charge >= 0.3 is 0 Å². The Morgan fingerprint density at radius 3 is 2.65 bits per heavy atom. The first-order valence-electron chi connectivity index (χ1n) is 9.31. The van der Waals surface area contributed by atoms with Gasteiger partial charge in [0.2, 0.25) is 5.95 Å². The van der Waals surface area contributed by atoms with Crippen LogP contribution in [0.15, 0.2) is 6.20 Å². The summed E-state index contributed by atoms with van der Waals surface area (Å²) in [4.78, 5) is 11.9. The smallest absolute Gasteiger partial charge is 0.225 e. The van der Waals surface area contributed by atoms with Crippen LogP contribution in [0.2, 0.25) is 0 Å². The van der Waals surface area contributed by atoms with Gasteiger partial charge in [-0.15, -0.1) is 0 Å². The molecule has 0 bridgehead atoms. The molecule has 2 N–H and O–H groups in total. The number of aliphatic hydroxyl groups is 1. The predicted octanol–water partition coefficient (Wildman–Crippen LogP) is 2.20. The van der Waals surface area contributed by atoms with Crippen molar-refractivity contribution < 1.29 is 5.11 Å². The Morgan fingerprint density at radius 2 is 1.96 bits per heavy atom. The second kappa shape index (κ2) is 6.73. The largest absolute Gasteiger partial charge is 0.396 e. The second-order valence-corrected chi connectivity index (χ2v) is 7.42. The minimum atomic E-state index is 0.313. The zero-order chi connectivity index (χ0) is 15.6. The molecule has 0 radical (unpaired) electrons. The van der Waals surface area contributed by atoms with Crippen LogP contribution in [0.4, 0.5) is 5.95 Å². The SMILES string of the molecule is OCC1CCN(c2ncc3c(n2)CCCC3NC2CCC2)CC1. The van der Waals surface area contributed by atoms with Crippen molar-refractivity contribution in [3.63, 3.8) is 0 Å². The molecule has 1 saturated carbocycles. The highest BCUT2D eigenvalue weighted by Gasteiger charge is 2.28. The van der Waals surface area contributed by atoms with E-state index in [0.717, 1.165) is 38.3 Å². The molecule has 1 aliphatic heterocycles. The summed E-state index contributed by atoms with van der Waals surface area (Å²) in [6.07, 6.45) is 11.7. The van der Waals surface area contributed by atoms with Crippen LogP contribution < -0.4 is 10.2 Å². The molecule has 126 valence electrons. The number of aliphatic hydroxyl groups excluding tert-OH is 1. The standard InChI is InChI=1S/C18H28N4O/c23-12-13-7-9-22(10-8-13)18-19-11-15-16(20-14-3-1-4-14)5-2-6-17(15)21-18/h11,13-14,16,20,23H,1-10,12H2. The summed E-state index contributed by atoms with van der Waals surface area (Å²) in [5.74, 6) is 1.35. The number of nitrogens with one attached hydrogen (secondary N) is 1. The molecule has 1 atom stereocenters. The molecule has 4 rings (SSSR count). The van der Waals surface area contributed by atoms with Crippen LogP contribution in [-0.2, 0) is 6.42 Å². The molecule has 0 spiro atoms. The zero-order valence-corrected chi connectivity index (χ0v) is 13.9. The highest BCUT2D eigenvalue weighted by Crippen LogP contribution is 2.32. The number of aryl methyl sites for hydroxylation is 1. The lowest BCUT2D eigenvalue weighted by Gasteiger charge is -2.35. The van der Waals surface area contributed by atoms with Crippen molar-refractivity contribution in [2.24, 2.45) is 5.92 Å². The summed E-state index contributed by atoms with van der Waals surface area (Å²) in [5.41, 5.74) is 2.58. The highest BCUT2D eigenvalue weighted by molar-refractivity contribution is 5.36. The molecule has 2 heterocycles. The minimum absolute atomic E-state index is 0.313. The minimum Gasteiger partial charge on any atom is -0.396 e. The van der Waals surface area contributed by atoms with E-state index in [4.69, 9.17) is 4.98 Å². The van der Waals surface area contributed by atoms with Gasteiger partial charge in [-0.2, -0.15) is 0 Å². The van der Waals surface area contributed by atoms with Gasteiger partial charge in [0.1, 0.15) is 0 Å². The number of hydrogen-bond donors (Lipinski definition) is 2. The summed E-state index contributed by atoms with van der Waals surface area (Å²) in [5, 5.41) is 13.1. The summed E-state index contributed by atoms with van der Waals surface area (Å²) >= 11 is 0. The van der Waals surface area contributed by atoms with E-state index in [1.807, 2.05) is 0 Å². The highest BCUT2D eigenvalue weighted by atomic mass is 16.3. The number of nitrogens with zero attached hydrogens (tertiary/aromatic N) is 3. The van der Waals surface area contributed by atoms with Crippen LogP contribution in [0, 0.1) is 5.92 Å². The quantitative estimate of drug-likeness (QED) is 0.892. The van der Waals surface area contributed by atoms with Crippen LogP contribution in [0.3, 0.4) is 0 Å². The lowest BCUT2D eigenvalue weighted by atomic mass is 9.87. The molecule has 0 aromatic carbocycles. The van der Waals surface area contributed by atoms with Gasteiger partial charge in [0.15, 0.2) is 0 Å². The van der Waals surface area contributed by atoms with Gasteiger partial charge in [0, 0.05) is 43.5 Å². The lowest BCUT2D eigenvalue weighted by Crippen LogP contribution is -2.40. The van der Waals surface area contributed by atoms with Crippen LogP contribution in [0.1, 0.15) is 62.2 Å². The van der Waals surface area contributed by atoms with Crippen molar-refractivity contribution >= 4 is 5.95 Å². The molecule has 5 nitrogen and oxygen atoms in total. The fourth-order valence-electron chi connectivity index (χ4n) is 4.04. The lowest BCUT2D eigenvalue weighted by molar-refractivity contribution is 0.202.